The summed E-state index contributed by atoms with van der Waals surface area (Å²) < 4.78 is 6.45. The number of nitro benzene ring substituents is 1. The van der Waals surface area contributed by atoms with Gasteiger partial charge in [-0.25, -0.2) is 9.97 Å². The molecule has 7 nitrogen and oxygen atoms in total. The molecule has 0 radical (unpaired) electrons. The minimum atomic E-state index is -0.468. The highest BCUT2D eigenvalue weighted by Gasteiger charge is 2.17. The van der Waals surface area contributed by atoms with Crippen molar-refractivity contribution in [3.63, 3.8) is 0 Å². The average Bonchev–Trinajstić information content (AvgIpc) is 2.73. The van der Waals surface area contributed by atoms with E-state index in [1.165, 1.54) is 18.5 Å². The number of nitro groups is 1. The summed E-state index contributed by atoms with van der Waals surface area (Å²) in [5.41, 5.74) is 2.44. The summed E-state index contributed by atoms with van der Waals surface area (Å²) in [6.07, 6.45) is 2.24. The van der Waals surface area contributed by atoms with Crippen molar-refractivity contribution in [3.8, 4) is 11.5 Å². The van der Waals surface area contributed by atoms with Gasteiger partial charge in [0.25, 0.3) is 5.69 Å². The molecule has 0 saturated heterocycles. The van der Waals surface area contributed by atoms with Crippen molar-refractivity contribution in [2.45, 2.75) is 17.8 Å². The fourth-order valence-corrected chi connectivity index (χ4v) is 3.70. The number of nitrogens with zero attached hydrogens (tertiary/aromatic N) is 3. The molecule has 0 aliphatic carbocycles. The zero-order chi connectivity index (χ0) is 21.7. The number of hydrogen-bond donors (Lipinski definition) is 1. The molecule has 0 bridgehead atoms. The number of nitrogens with one attached hydrogen (secondary N) is 1. The second kappa shape index (κ2) is 10.2. The van der Waals surface area contributed by atoms with Crippen LogP contribution in [0, 0.1) is 17.0 Å². The van der Waals surface area contributed by atoms with Crippen molar-refractivity contribution in [2.75, 3.05) is 11.9 Å². The summed E-state index contributed by atoms with van der Waals surface area (Å²) >= 11 is 14.5. The number of non-ortho nitro benzene ring substituents is 1. The van der Waals surface area contributed by atoms with E-state index in [4.69, 9.17) is 27.9 Å². The van der Waals surface area contributed by atoms with Gasteiger partial charge in [-0.1, -0.05) is 57.9 Å². The Kier molecular flexibility index (Phi) is 7.68. The molecule has 1 N–H and O–H groups in total. The maximum atomic E-state index is 11.0. The molecule has 3 rings (SSSR count). The number of halogens is 3. The molecule has 0 atom stereocenters. The summed E-state index contributed by atoms with van der Waals surface area (Å²) in [5.74, 6) is 1.64. The molecule has 0 aliphatic rings. The van der Waals surface area contributed by atoms with Crippen LogP contribution in [-0.4, -0.2) is 21.4 Å². The summed E-state index contributed by atoms with van der Waals surface area (Å²) in [6.45, 7) is 2.48. The maximum absolute atomic E-state index is 11.0. The Morgan fingerprint density at radius 2 is 1.93 bits per heavy atom. The molecule has 156 valence electrons. The van der Waals surface area contributed by atoms with Gasteiger partial charge in [0, 0.05) is 28.7 Å². The molecule has 10 heteroatoms. The summed E-state index contributed by atoms with van der Waals surface area (Å²) in [4.78, 5) is 18.7. The average molecular weight is 559 g/mol. The van der Waals surface area contributed by atoms with E-state index in [1.807, 2.05) is 31.2 Å². The number of rotatable bonds is 8. The van der Waals surface area contributed by atoms with Crippen molar-refractivity contribution >= 4 is 57.3 Å². The third-order valence-electron chi connectivity index (χ3n) is 4.27. The lowest BCUT2D eigenvalue weighted by Crippen LogP contribution is -2.07. The predicted molar refractivity (Wildman–Crippen MR) is 126 cm³/mol. The van der Waals surface area contributed by atoms with Crippen LogP contribution in [0.5, 0.6) is 11.5 Å². The molecule has 30 heavy (non-hydrogen) atoms. The third kappa shape index (κ3) is 5.50. The molecule has 0 aliphatic heterocycles. The Balaban J connectivity index is 1.65. The first kappa shape index (κ1) is 22.5. The van der Waals surface area contributed by atoms with E-state index in [0.717, 1.165) is 17.7 Å². The molecular weight excluding hydrogens is 542 g/mol. The van der Waals surface area contributed by atoms with Gasteiger partial charge in [0.15, 0.2) is 0 Å². The van der Waals surface area contributed by atoms with E-state index < -0.39 is 4.92 Å². The van der Waals surface area contributed by atoms with E-state index in [1.54, 1.807) is 0 Å². The van der Waals surface area contributed by atoms with Gasteiger partial charge in [0.1, 0.15) is 28.7 Å². The second-order valence-electron chi connectivity index (χ2n) is 6.35. The zero-order valence-electron chi connectivity index (χ0n) is 15.9. The third-order valence-corrected chi connectivity index (χ3v) is 5.83. The van der Waals surface area contributed by atoms with Gasteiger partial charge in [-0.3, -0.25) is 10.1 Å². The Morgan fingerprint density at radius 3 is 2.60 bits per heavy atom. The van der Waals surface area contributed by atoms with Crippen LogP contribution in [0.15, 0.2) is 42.7 Å². The summed E-state index contributed by atoms with van der Waals surface area (Å²) in [6, 6.07) is 10.4. The van der Waals surface area contributed by atoms with Gasteiger partial charge in [0.05, 0.1) is 15.6 Å². The molecule has 3 aromatic rings. The lowest BCUT2D eigenvalue weighted by atomic mass is 10.1. The van der Waals surface area contributed by atoms with Gasteiger partial charge in [0.2, 0.25) is 0 Å². The topological polar surface area (TPSA) is 90.2 Å². The van der Waals surface area contributed by atoms with E-state index in [-0.39, 0.29) is 10.7 Å². The first-order valence-electron chi connectivity index (χ1n) is 8.89. The van der Waals surface area contributed by atoms with Crippen molar-refractivity contribution in [2.24, 2.45) is 0 Å². The summed E-state index contributed by atoms with van der Waals surface area (Å²) in [7, 11) is 0. The number of benzene rings is 2. The SMILES string of the molecule is Cc1ncnc(NCCc2ccc(Oc3c(Cl)cc([N+](=O)[O-])cc3CI)cc2)c1Cl. The first-order valence-corrected chi connectivity index (χ1v) is 11.2. The second-order valence-corrected chi connectivity index (χ2v) is 7.90. The standard InChI is InChI=1S/C20H17Cl2IN4O3/c1-12-18(22)20(26-11-25-12)24-7-6-13-2-4-16(5-3-13)30-19-14(10-23)8-15(27(28)29)9-17(19)21/h2-5,8-9,11H,6-7,10H2,1H3,(H,24,25,26). The molecule has 0 amide bonds. The Hall–Kier alpha value is -2.17. The number of anilines is 1. The number of alkyl halides is 1. The lowest BCUT2D eigenvalue weighted by Gasteiger charge is -2.12. The highest BCUT2D eigenvalue weighted by Crippen LogP contribution is 2.37. The van der Waals surface area contributed by atoms with E-state index in [0.29, 0.717) is 38.9 Å². The number of aromatic nitrogens is 2. The molecule has 2 aromatic carbocycles. The van der Waals surface area contributed by atoms with Crippen molar-refractivity contribution in [1.29, 1.82) is 0 Å². The Labute approximate surface area is 197 Å². The molecule has 0 unspecified atom stereocenters. The van der Waals surface area contributed by atoms with Crippen LogP contribution in [0.3, 0.4) is 0 Å². The van der Waals surface area contributed by atoms with Gasteiger partial charge >= 0.3 is 0 Å². The number of ether oxygens (including phenoxy) is 1. The number of aryl methyl sites for hydroxylation is 1. The fourth-order valence-electron chi connectivity index (χ4n) is 2.70. The fraction of sp³-hybridized carbons (Fsp3) is 0.200. The highest BCUT2D eigenvalue weighted by molar-refractivity contribution is 14.1. The normalized spacial score (nSPS) is 10.7. The predicted octanol–water partition coefficient (Wildman–Crippen LogP) is 6.38. The quantitative estimate of drug-likeness (QED) is 0.149. The van der Waals surface area contributed by atoms with Crippen LogP contribution in [-0.2, 0) is 10.8 Å². The van der Waals surface area contributed by atoms with Crippen LogP contribution in [0.4, 0.5) is 11.5 Å². The summed E-state index contributed by atoms with van der Waals surface area (Å²) in [5, 5.41) is 15.0. The van der Waals surface area contributed by atoms with Crippen LogP contribution < -0.4 is 10.1 Å². The van der Waals surface area contributed by atoms with Gasteiger partial charge < -0.3 is 10.1 Å². The van der Waals surface area contributed by atoms with Crippen LogP contribution >= 0.6 is 45.8 Å². The van der Waals surface area contributed by atoms with Crippen LogP contribution in [0.25, 0.3) is 0 Å². The minimum absolute atomic E-state index is 0.0548. The molecule has 1 heterocycles. The first-order chi connectivity index (χ1) is 14.4. The lowest BCUT2D eigenvalue weighted by molar-refractivity contribution is -0.384. The van der Waals surface area contributed by atoms with Crippen LogP contribution in [0.2, 0.25) is 10.0 Å². The molecule has 0 spiro atoms. The van der Waals surface area contributed by atoms with Gasteiger partial charge in [-0.05, 0) is 31.0 Å². The van der Waals surface area contributed by atoms with Gasteiger partial charge in [-0.2, -0.15) is 0 Å². The maximum Gasteiger partial charge on any atom is 0.271 e. The van der Waals surface area contributed by atoms with E-state index >= 15 is 0 Å². The van der Waals surface area contributed by atoms with E-state index in [2.05, 4.69) is 37.9 Å². The van der Waals surface area contributed by atoms with Crippen molar-refractivity contribution in [3.05, 3.63) is 79.7 Å². The smallest absolute Gasteiger partial charge is 0.271 e. The Bertz CT molecular complexity index is 1060. The van der Waals surface area contributed by atoms with E-state index in [9.17, 15) is 10.1 Å². The monoisotopic (exact) mass is 558 g/mol. The molecular formula is C20H17Cl2IN4O3. The van der Waals surface area contributed by atoms with Crippen molar-refractivity contribution < 1.29 is 9.66 Å². The number of hydrogen-bond acceptors (Lipinski definition) is 6. The van der Waals surface area contributed by atoms with Crippen LogP contribution in [0.1, 0.15) is 16.8 Å². The largest absolute Gasteiger partial charge is 0.455 e. The van der Waals surface area contributed by atoms with Crippen molar-refractivity contribution in [1.82, 2.24) is 9.97 Å². The highest BCUT2D eigenvalue weighted by atomic mass is 127. The minimum Gasteiger partial charge on any atom is -0.455 e. The molecule has 0 fully saturated rings. The van der Waals surface area contributed by atoms with Gasteiger partial charge in [-0.15, -0.1) is 0 Å². The molecule has 0 saturated carbocycles. The Morgan fingerprint density at radius 1 is 1.20 bits per heavy atom. The molecule has 1 aromatic heterocycles. The zero-order valence-corrected chi connectivity index (χ0v) is 19.5.